The third kappa shape index (κ3) is 12.6. The lowest BCUT2D eigenvalue weighted by atomic mass is 10.1. The summed E-state index contributed by atoms with van der Waals surface area (Å²) < 4.78 is 7.80. The van der Waals surface area contributed by atoms with Gasteiger partial charge in [0.25, 0.3) is 0 Å². The summed E-state index contributed by atoms with van der Waals surface area (Å²) in [7, 11) is 0. The molecule has 238 valence electrons. The normalized spacial score (nSPS) is 11.9. The van der Waals surface area contributed by atoms with Crippen molar-refractivity contribution in [1.82, 2.24) is 10.2 Å². The molecule has 6 heteroatoms. The van der Waals surface area contributed by atoms with Gasteiger partial charge in [-0.05, 0) is 78.8 Å². The van der Waals surface area contributed by atoms with E-state index < -0.39 is 0 Å². The second kappa shape index (κ2) is 19.1. The fraction of sp³-hybridized carbons (Fsp3) is 0.225. The molecule has 46 heavy (non-hydrogen) atoms. The van der Waals surface area contributed by atoms with Crippen LogP contribution in [0.15, 0.2) is 148 Å². The lowest BCUT2D eigenvalue weighted by molar-refractivity contribution is 0.0799. The summed E-state index contributed by atoms with van der Waals surface area (Å²) >= 11 is 6.92. The Hall–Kier alpha value is -3.71. The van der Waals surface area contributed by atoms with Gasteiger partial charge in [0.1, 0.15) is 6.61 Å². The summed E-state index contributed by atoms with van der Waals surface area (Å²) in [6.45, 7) is 6.01. The van der Waals surface area contributed by atoms with E-state index in [2.05, 4.69) is 118 Å². The molecule has 0 aliphatic carbocycles. The zero-order valence-electron chi connectivity index (χ0n) is 26.5. The van der Waals surface area contributed by atoms with E-state index >= 15 is 0 Å². The number of carbonyl (C=O) groups is 1. The maximum absolute atomic E-state index is 12.9. The number of carbonyl (C=O) groups excluding carboxylic acids is 1. The molecular formula is C40H42Br2N2O2. The number of amides is 1. The van der Waals surface area contributed by atoms with Crippen LogP contribution in [0.5, 0.6) is 0 Å². The zero-order valence-corrected chi connectivity index (χ0v) is 29.7. The van der Waals surface area contributed by atoms with E-state index in [4.69, 9.17) is 4.74 Å². The predicted molar refractivity (Wildman–Crippen MR) is 197 cm³/mol. The van der Waals surface area contributed by atoms with Crippen LogP contribution in [0.4, 0.5) is 4.79 Å². The molecule has 0 saturated carbocycles. The van der Waals surface area contributed by atoms with Crippen LogP contribution in [0.3, 0.4) is 0 Å². The van der Waals surface area contributed by atoms with Gasteiger partial charge in [0.15, 0.2) is 0 Å². The molecule has 0 aliphatic heterocycles. The largest absolute Gasteiger partial charge is 0.445 e. The van der Waals surface area contributed by atoms with Gasteiger partial charge in [0.2, 0.25) is 0 Å². The second-order valence-electron chi connectivity index (χ2n) is 11.4. The third-order valence-corrected chi connectivity index (χ3v) is 8.62. The summed E-state index contributed by atoms with van der Waals surface area (Å²) in [6.07, 6.45) is 1.53. The number of nitrogens with one attached hydrogen (secondary N) is 1. The third-order valence-electron chi connectivity index (χ3n) is 7.56. The Bertz CT molecular complexity index is 1570. The Kier molecular flexibility index (Phi) is 14.6. The molecule has 4 nitrogen and oxygen atoms in total. The van der Waals surface area contributed by atoms with Gasteiger partial charge in [-0.2, -0.15) is 0 Å². The van der Waals surface area contributed by atoms with Crippen LogP contribution in [-0.4, -0.2) is 23.1 Å². The topological polar surface area (TPSA) is 41.6 Å². The number of halogens is 2. The Morgan fingerprint density at radius 2 is 1.07 bits per heavy atom. The Morgan fingerprint density at radius 3 is 1.59 bits per heavy atom. The van der Waals surface area contributed by atoms with Crippen molar-refractivity contribution in [3.63, 3.8) is 0 Å². The summed E-state index contributed by atoms with van der Waals surface area (Å²) in [5.41, 5.74) is 5.95. The fourth-order valence-corrected chi connectivity index (χ4v) is 5.52. The Balaban J connectivity index is 0.000000230. The van der Waals surface area contributed by atoms with E-state index in [1.807, 2.05) is 72.8 Å². The van der Waals surface area contributed by atoms with E-state index in [0.29, 0.717) is 12.6 Å². The minimum absolute atomic E-state index is 0.00431. The van der Waals surface area contributed by atoms with E-state index in [9.17, 15) is 4.79 Å². The summed E-state index contributed by atoms with van der Waals surface area (Å²) in [5, 5.41) is 3.55. The average molecular weight is 743 g/mol. The van der Waals surface area contributed by atoms with Crippen molar-refractivity contribution in [3.8, 4) is 0 Å². The lowest BCUT2D eigenvalue weighted by Crippen LogP contribution is -2.39. The number of rotatable bonds is 12. The van der Waals surface area contributed by atoms with Crippen molar-refractivity contribution in [2.75, 3.05) is 0 Å². The molecule has 0 heterocycles. The van der Waals surface area contributed by atoms with Gasteiger partial charge in [-0.15, -0.1) is 0 Å². The van der Waals surface area contributed by atoms with E-state index in [1.54, 1.807) is 4.90 Å². The van der Waals surface area contributed by atoms with Crippen LogP contribution in [0.25, 0.3) is 0 Å². The Labute approximate surface area is 291 Å². The summed E-state index contributed by atoms with van der Waals surface area (Å²) in [6, 6.07) is 47.5. The number of nitrogens with zero attached hydrogens (tertiary/aromatic N) is 1. The van der Waals surface area contributed by atoms with Gasteiger partial charge < -0.3 is 15.0 Å². The Morgan fingerprint density at radius 1 is 0.609 bits per heavy atom. The first-order chi connectivity index (χ1) is 22.4. The molecule has 0 aliphatic rings. The van der Waals surface area contributed by atoms with Crippen molar-refractivity contribution < 1.29 is 9.53 Å². The van der Waals surface area contributed by atoms with Crippen LogP contribution in [0, 0.1) is 0 Å². The molecule has 0 saturated heterocycles. The predicted octanol–water partition coefficient (Wildman–Crippen LogP) is 10.4. The van der Waals surface area contributed by atoms with E-state index in [0.717, 1.165) is 39.5 Å². The molecular weight excluding hydrogens is 700 g/mol. The fourth-order valence-electron chi connectivity index (χ4n) is 4.99. The molecule has 0 radical (unpaired) electrons. The molecule has 5 aromatic carbocycles. The first-order valence-corrected chi connectivity index (χ1v) is 17.2. The van der Waals surface area contributed by atoms with Crippen LogP contribution in [-0.2, 0) is 37.3 Å². The summed E-state index contributed by atoms with van der Waals surface area (Å²) in [5.74, 6) is 0. The quantitative estimate of drug-likeness (QED) is 0.138. The number of benzene rings is 5. The van der Waals surface area contributed by atoms with Crippen LogP contribution >= 0.6 is 31.9 Å². The first-order valence-electron chi connectivity index (χ1n) is 15.6. The number of hydrogen-bond donors (Lipinski definition) is 1. The molecule has 0 aromatic heterocycles. The van der Waals surface area contributed by atoms with Gasteiger partial charge in [-0.3, -0.25) is 0 Å². The van der Waals surface area contributed by atoms with Crippen molar-refractivity contribution in [3.05, 3.63) is 176 Å². The molecule has 1 amide bonds. The highest BCUT2D eigenvalue weighted by atomic mass is 79.9. The SMILES string of the molecule is CC(Cc1ccc(Br)cc1)N(Cc1ccccc1)C(=O)OCc1ccccc1.CC(Cc1ccc(Br)cc1)NCc1ccccc1. The van der Waals surface area contributed by atoms with Crippen LogP contribution < -0.4 is 5.32 Å². The molecule has 0 bridgehead atoms. The van der Waals surface area contributed by atoms with Gasteiger partial charge in [0.05, 0.1) is 0 Å². The van der Waals surface area contributed by atoms with Crippen molar-refractivity contribution in [2.24, 2.45) is 0 Å². The average Bonchev–Trinajstić information content (AvgIpc) is 3.09. The second-order valence-corrected chi connectivity index (χ2v) is 13.3. The first kappa shape index (κ1) is 35.1. The number of ether oxygens (including phenoxy) is 1. The summed E-state index contributed by atoms with van der Waals surface area (Å²) in [4.78, 5) is 14.7. The molecule has 0 fully saturated rings. The van der Waals surface area contributed by atoms with Crippen molar-refractivity contribution >= 4 is 38.0 Å². The smallest absolute Gasteiger partial charge is 0.410 e. The highest BCUT2D eigenvalue weighted by Crippen LogP contribution is 2.18. The van der Waals surface area contributed by atoms with Crippen LogP contribution in [0.1, 0.15) is 41.7 Å². The van der Waals surface area contributed by atoms with E-state index in [1.165, 1.54) is 16.7 Å². The molecule has 2 unspecified atom stereocenters. The van der Waals surface area contributed by atoms with Gasteiger partial charge in [0, 0.05) is 34.1 Å². The van der Waals surface area contributed by atoms with Crippen LogP contribution in [0.2, 0.25) is 0 Å². The maximum Gasteiger partial charge on any atom is 0.410 e. The van der Waals surface area contributed by atoms with Gasteiger partial charge in [-0.1, -0.05) is 147 Å². The molecule has 0 spiro atoms. The monoisotopic (exact) mass is 740 g/mol. The standard InChI is InChI=1S/C24H24BrNO2.C16H18BrN/c1-19(16-20-12-14-23(25)15-13-20)26(17-21-8-4-2-5-9-21)24(27)28-18-22-10-6-3-7-11-22;1-13(11-14-7-9-16(17)10-8-14)18-12-15-5-3-2-4-6-15/h2-15,19H,16-18H2,1H3;2-10,13,18H,11-12H2,1H3. The minimum atomic E-state index is -0.294. The van der Waals surface area contributed by atoms with Gasteiger partial charge >= 0.3 is 6.09 Å². The lowest BCUT2D eigenvalue weighted by Gasteiger charge is -2.29. The molecule has 5 rings (SSSR count). The number of hydrogen-bond acceptors (Lipinski definition) is 3. The highest BCUT2D eigenvalue weighted by Gasteiger charge is 2.22. The molecule has 5 aromatic rings. The van der Waals surface area contributed by atoms with E-state index in [-0.39, 0.29) is 18.7 Å². The van der Waals surface area contributed by atoms with Gasteiger partial charge in [-0.25, -0.2) is 4.79 Å². The molecule has 2 atom stereocenters. The maximum atomic E-state index is 12.9. The zero-order chi connectivity index (χ0) is 32.6. The molecule has 1 N–H and O–H groups in total. The van der Waals surface area contributed by atoms with Crippen molar-refractivity contribution in [1.29, 1.82) is 0 Å². The van der Waals surface area contributed by atoms with Crippen molar-refractivity contribution in [2.45, 2.75) is 58.5 Å². The highest BCUT2D eigenvalue weighted by molar-refractivity contribution is 9.10. The minimum Gasteiger partial charge on any atom is -0.445 e.